The molecule has 1 aliphatic rings. The first-order chi connectivity index (χ1) is 9.80. The van der Waals surface area contributed by atoms with Gasteiger partial charge in [-0.2, -0.15) is 0 Å². The van der Waals surface area contributed by atoms with Gasteiger partial charge < -0.3 is 19.9 Å². The Morgan fingerprint density at radius 2 is 2.00 bits per heavy atom. The van der Waals surface area contributed by atoms with Gasteiger partial charge in [-0.25, -0.2) is 0 Å². The van der Waals surface area contributed by atoms with Gasteiger partial charge in [0, 0.05) is 17.0 Å². The lowest BCUT2D eigenvalue weighted by Crippen LogP contribution is -2.43. The van der Waals surface area contributed by atoms with Gasteiger partial charge in [0.2, 0.25) is 0 Å². The summed E-state index contributed by atoms with van der Waals surface area (Å²) in [4.78, 5) is 12.4. The zero-order chi connectivity index (χ0) is 15.6. The number of carbonyl (C=O) groups is 1. The largest absolute Gasteiger partial charge is 0.508 e. The lowest BCUT2D eigenvalue weighted by molar-refractivity contribution is -0.201. The quantitative estimate of drug-likeness (QED) is 0.877. The van der Waals surface area contributed by atoms with Crippen LogP contribution in [0.3, 0.4) is 0 Å². The molecule has 1 aromatic rings. The first-order valence-corrected chi connectivity index (χ1v) is 7.17. The molecule has 0 unspecified atom stereocenters. The van der Waals surface area contributed by atoms with Crippen molar-refractivity contribution in [2.45, 2.75) is 39.5 Å². The number of aromatic hydroxyl groups is 1. The summed E-state index contributed by atoms with van der Waals surface area (Å²) < 4.78 is 11.3. The minimum absolute atomic E-state index is 0.122. The van der Waals surface area contributed by atoms with E-state index < -0.39 is 5.79 Å². The van der Waals surface area contributed by atoms with E-state index in [1.807, 2.05) is 20.8 Å². The van der Waals surface area contributed by atoms with E-state index in [4.69, 9.17) is 9.47 Å². The summed E-state index contributed by atoms with van der Waals surface area (Å²) in [6.45, 7) is 8.40. The Bertz CT molecular complexity index is 527. The second-order valence-electron chi connectivity index (χ2n) is 6.03. The van der Waals surface area contributed by atoms with Crippen LogP contribution in [0.15, 0.2) is 18.2 Å². The Morgan fingerprint density at radius 1 is 1.33 bits per heavy atom. The van der Waals surface area contributed by atoms with Crippen LogP contribution in [-0.4, -0.2) is 36.1 Å². The maximum absolute atomic E-state index is 12.4. The van der Waals surface area contributed by atoms with Gasteiger partial charge in [0.05, 0.1) is 19.3 Å². The summed E-state index contributed by atoms with van der Waals surface area (Å²) in [5, 5.41) is 12.7. The second-order valence-corrected chi connectivity index (χ2v) is 6.03. The molecule has 0 aliphatic carbocycles. The fourth-order valence-electron chi connectivity index (χ4n) is 2.24. The average Bonchev–Trinajstić information content (AvgIpc) is 2.55. The summed E-state index contributed by atoms with van der Waals surface area (Å²) in [5.41, 5.74) is 1.06. The molecule has 2 atom stereocenters. The highest BCUT2D eigenvalue weighted by molar-refractivity contribution is 5.96. The SMILES string of the molecule is Cc1c(O)cccc1C(=O)N[C@H]1COC(C)(C)OC[C@@H]1C. The molecule has 21 heavy (non-hydrogen) atoms. The highest BCUT2D eigenvalue weighted by atomic mass is 16.7. The van der Waals surface area contributed by atoms with Crippen LogP contribution < -0.4 is 5.32 Å². The third kappa shape index (κ3) is 3.74. The molecule has 0 saturated carbocycles. The van der Waals surface area contributed by atoms with Gasteiger partial charge in [0.1, 0.15) is 5.75 Å². The van der Waals surface area contributed by atoms with Crippen LogP contribution in [0.2, 0.25) is 0 Å². The van der Waals surface area contributed by atoms with Gasteiger partial charge in [-0.05, 0) is 32.9 Å². The molecular formula is C16H23NO4. The van der Waals surface area contributed by atoms with E-state index in [1.165, 1.54) is 0 Å². The molecule has 1 saturated heterocycles. The van der Waals surface area contributed by atoms with Crippen molar-refractivity contribution in [2.75, 3.05) is 13.2 Å². The van der Waals surface area contributed by atoms with Gasteiger partial charge in [0.15, 0.2) is 5.79 Å². The van der Waals surface area contributed by atoms with Crippen LogP contribution in [0, 0.1) is 12.8 Å². The molecule has 1 amide bonds. The zero-order valence-corrected chi connectivity index (χ0v) is 13.0. The summed E-state index contributed by atoms with van der Waals surface area (Å²) in [7, 11) is 0. The summed E-state index contributed by atoms with van der Waals surface area (Å²) in [5.74, 6) is -0.566. The van der Waals surface area contributed by atoms with Gasteiger partial charge in [0.25, 0.3) is 5.91 Å². The number of hydrogen-bond donors (Lipinski definition) is 2. The Morgan fingerprint density at radius 3 is 2.71 bits per heavy atom. The second kappa shape index (κ2) is 6.03. The van der Waals surface area contributed by atoms with Crippen molar-refractivity contribution in [1.29, 1.82) is 0 Å². The van der Waals surface area contributed by atoms with Crippen LogP contribution in [0.5, 0.6) is 5.75 Å². The summed E-state index contributed by atoms with van der Waals surface area (Å²) in [6, 6.07) is 4.81. The molecule has 1 aliphatic heterocycles. The number of phenols is 1. The number of carbonyl (C=O) groups excluding carboxylic acids is 1. The molecule has 5 heteroatoms. The maximum Gasteiger partial charge on any atom is 0.251 e. The molecule has 2 N–H and O–H groups in total. The molecular weight excluding hydrogens is 270 g/mol. The average molecular weight is 293 g/mol. The maximum atomic E-state index is 12.4. The smallest absolute Gasteiger partial charge is 0.251 e. The number of ether oxygens (including phenoxy) is 2. The Labute approximate surface area is 125 Å². The highest BCUT2D eigenvalue weighted by Gasteiger charge is 2.31. The number of phenolic OH excluding ortho intramolecular Hbond substituents is 1. The molecule has 0 spiro atoms. The lowest BCUT2D eigenvalue weighted by atomic mass is 10.0. The molecule has 1 aromatic carbocycles. The van der Waals surface area contributed by atoms with Gasteiger partial charge >= 0.3 is 0 Å². The van der Waals surface area contributed by atoms with E-state index in [1.54, 1.807) is 25.1 Å². The van der Waals surface area contributed by atoms with Gasteiger partial charge in [-0.3, -0.25) is 4.79 Å². The highest BCUT2D eigenvalue weighted by Crippen LogP contribution is 2.22. The summed E-state index contributed by atoms with van der Waals surface area (Å²) in [6.07, 6.45) is 0. The Kier molecular flexibility index (Phi) is 4.54. The van der Waals surface area contributed by atoms with Gasteiger partial charge in [-0.15, -0.1) is 0 Å². The molecule has 1 fully saturated rings. The number of rotatable bonds is 2. The van der Waals surface area contributed by atoms with E-state index in [2.05, 4.69) is 5.32 Å². The van der Waals surface area contributed by atoms with E-state index in [9.17, 15) is 9.90 Å². The first-order valence-electron chi connectivity index (χ1n) is 7.17. The van der Waals surface area contributed by atoms with Crippen LogP contribution in [0.4, 0.5) is 0 Å². The number of amides is 1. The molecule has 1 heterocycles. The normalized spacial score (nSPS) is 25.1. The van der Waals surface area contributed by atoms with Crippen LogP contribution in [0.1, 0.15) is 36.7 Å². The Balaban J connectivity index is 2.10. The standard InChI is InChI=1S/C16H23NO4/c1-10-8-20-16(3,4)21-9-13(10)17-15(19)12-6-5-7-14(18)11(12)2/h5-7,10,13,18H,8-9H2,1-4H3,(H,17,19)/t10-,13-/m0/s1. The molecule has 0 radical (unpaired) electrons. The molecule has 0 aromatic heterocycles. The fourth-order valence-corrected chi connectivity index (χ4v) is 2.24. The Hall–Kier alpha value is -1.59. The zero-order valence-electron chi connectivity index (χ0n) is 13.0. The number of hydrogen-bond acceptors (Lipinski definition) is 4. The van der Waals surface area contributed by atoms with Crippen molar-refractivity contribution in [3.05, 3.63) is 29.3 Å². The van der Waals surface area contributed by atoms with Crippen molar-refractivity contribution in [3.63, 3.8) is 0 Å². The molecule has 116 valence electrons. The molecule has 5 nitrogen and oxygen atoms in total. The minimum Gasteiger partial charge on any atom is -0.508 e. The summed E-state index contributed by atoms with van der Waals surface area (Å²) >= 11 is 0. The first kappa shape index (κ1) is 15.8. The number of benzene rings is 1. The van der Waals surface area contributed by atoms with Crippen molar-refractivity contribution < 1.29 is 19.4 Å². The molecule has 2 rings (SSSR count). The van der Waals surface area contributed by atoms with Crippen LogP contribution in [-0.2, 0) is 9.47 Å². The van der Waals surface area contributed by atoms with Crippen LogP contribution >= 0.6 is 0 Å². The predicted molar refractivity (Wildman–Crippen MR) is 79.2 cm³/mol. The monoisotopic (exact) mass is 293 g/mol. The minimum atomic E-state index is -0.630. The van der Waals surface area contributed by atoms with Crippen molar-refractivity contribution in [1.82, 2.24) is 5.32 Å². The van der Waals surface area contributed by atoms with Crippen molar-refractivity contribution in [2.24, 2.45) is 5.92 Å². The van der Waals surface area contributed by atoms with Gasteiger partial charge in [-0.1, -0.05) is 13.0 Å². The van der Waals surface area contributed by atoms with E-state index in [0.717, 1.165) is 0 Å². The predicted octanol–water partition coefficient (Wildman–Crippen LogP) is 2.22. The third-order valence-corrected chi connectivity index (χ3v) is 3.86. The van der Waals surface area contributed by atoms with Crippen molar-refractivity contribution >= 4 is 5.91 Å². The lowest BCUT2D eigenvalue weighted by Gasteiger charge is -2.23. The van der Waals surface area contributed by atoms with E-state index in [0.29, 0.717) is 24.3 Å². The van der Waals surface area contributed by atoms with Crippen molar-refractivity contribution in [3.8, 4) is 5.75 Å². The topological polar surface area (TPSA) is 67.8 Å². The van der Waals surface area contributed by atoms with E-state index >= 15 is 0 Å². The fraction of sp³-hybridized carbons (Fsp3) is 0.562. The van der Waals surface area contributed by atoms with Crippen LogP contribution in [0.25, 0.3) is 0 Å². The molecule has 0 bridgehead atoms. The number of nitrogens with one attached hydrogen (secondary N) is 1. The third-order valence-electron chi connectivity index (χ3n) is 3.86. The van der Waals surface area contributed by atoms with E-state index in [-0.39, 0.29) is 23.6 Å².